The zero-order valence-electron chi connectivity index (χ0n) is 14.8. The smallest absolute Gasteiger partial charge is 0.119 e. The van der Waals surface area contributed by atoms with Crippen LogP contribution in [0.3, 0.4) is 0 Å². The van der Waals surface area contributed by atoms with E-state index in [4.69, 9.17) is 4.74 Å². The highest BCUT2D eigenvalue weighted by atomic mass is 16.5. The predicted molar refractivity (Wildman–Crippen MR) is 98.6 cm³/mol. The van der Waals surface area contributed by atoms with Crippen molar-refractivity contribution >= 4 is 5.69 Å². The number of nitrogens with zero attached hydrogens (tertiary/aromatic N) is 2. The van der Waals surface area contributed by atoms with Crippen LogP contribution in [0, 0.1) is 0 Å². The molecule has 0 saturated carbocycles. The third-order valence-electron chi connectivity index (χ3n) is 5.70. The second-order valence-electron chi connectivity index (χ2n) is 7.22. The summed E-state index contributed by atoms with van der Waals surface area (Å²) in [7, 11) is 2.23. The van der Waals surface area contributed by atoms with Gasteiger partial charge in [-0.2, -0.15) is 0 Å². The fraction of sp³-hybridized carbons (Fsp3) is 0.429. The monoisotopic (exact) mass is 322 g/mol. The van der Waals surface area contributed by atoms with E-state index in [1.165, 1.54) is 23.2 Å². The van der Waals surface area contributed by atoms with E-state index in [1.54, 1.807) is 0 Å². The van der Waals surface area contributed by atoms with Crippen molar-refractivity contribution in [3.63, 3.8) is 0 Å². The molecule has 1 fully saturated rings. The van der Waals surface area contributed by atoms with Gasteiger partial charge in [-0.1, -0.05) is 37.3 Å². The summed E-state index contributed by atoms with van der Waals surface area (Å²) in [6, 6.07) is 17.4. The van der Waals surface area contributed by atoms with Crippen LogP contribution in [0.25, 0.3) is 0 Å². The van der Waals surface area contributed by atoms with Gasteiger partial charge in [-0.25, -0.2) is 0 Å². The number of anilines is 1. The van der Waals surface area contributed by atoms with Crippen molar-refractivity contribution in [3.05, 3.63) is 59.7 Å². The topological polar surface area (TPSA) is 15.7 Å². The van der Waals surface area contributed by atoms with Crippen molar-refractivity contribution in [3.8, 4) is 5.75 Å². The van der Waals surface area contributed by atoms with E-state index < -0.39 is 0 Å². The van der Waals surface area contributed by atoms with Gasteiger partial charge in [0, 0.05) is 31.2 Å². The molecule has 1 saturated heterocycles. The number of ether oxygens (including phenoxy) is 1. The van der Waals surface area contributed by atoms with E-state index in [2.05, 4.69) is 72.3 Å². The minimum atomic E-state index is 0.173. The van der Waals surface area contributed by atoms with E-state index in [0.29, 0.717) is 6.17 Å². The molecule has 3 nitrogen and oxygen atoms in total. The lowest BCUT2D eigenvalue weighted by Crippen LogP contribution is -2.46. The molecule has 2 atom stereocenters. The first-order valence-electron chi connectivity index (χ1n) is 8.91. The number of likely N-dealkylation sites (tertiary alicyclic amines) is 1. The Hall–Kier alpha value is -2.00. The van der Waals surface area contributed by atoms with Crippen molar-refractivity contribution in [1.29, 1.82) is 0 Å². The average molecular weight is 322 g/mol. The second-order valence-corrected chi connectivity index (χ2v) is 7.22. The Morgan fingerprint density at radius 1 is 1.17 bits per heavy atom. The van der Waals surface area contributed by atoms with Crippen molar-refractivity contribution in [2.75, 3.05) is 25.1 Å². The van der Waals surface area contributed by atoms with E-state index >= 15 is 0 Å². The molecule has 3 heteroatoms. The maximum absolute atomic E-state index is 5.75. The lowest BCUT2D eigenvalue weighted by Gasteiger charge is -2.34. The molecule has 2 aliphatic rings. The molecule has 24 heavy (non-hydrogen) atoms. The molecule has 2 heterocycles. The Kier molecular flexibility index (Phi) is 3.76. The molecule has 0 amide bonds. The number of benzene rings is 2. The van der Waals surface area contributed by atoms with E-state index in [9.17, 15) is 0 Å². The van der Waals surface area contributed by atoms with E-state index in [0.717, 1.165) is 25.4 Å². The highest BCUT2D eigenvalue weighted by Crippen LogP contribution is 2.52. The minimum absolute atomic E-state index is 0.173. The molecule has 0 spiro atoms. The van der Waals surface area contributed by atoms with Gasteiger partial charge >= 0.3 is 0 Å². The first-order chi connectivity index (χ1) is 11.6. The van der Waals surface area contributed by atoms with Gasteiger partial charge in [0.15, 0.2) is 0 Å². The average Bonchev–Trinajstić information content (AvgIpc) is 3.03. The molecule has 2 aromatic carbocycles. The van der Waals surface area contributed by atoms with Crippen LogP contribution in [-0.2, 0) is 12.0 Å². The predicted octanol–water partition coefficient (Wildman–Crippen LogP) is 4.02. The summed E-state index contributed by atoms with van der Waals surface area (Å²) in [5.41, 5.74) is 4.35. The Bertz CT molecular complexity index is 730. The number of hydrogen-bond acceptors (Lipinski definition) is 3. The summed E-state index contributed by atoms with van der Waals surface area (Å²) in [4.78, 5) is 5.08. The van der Waals surface area contributed by atoms with Crippen LogP contribution in [0.15, 0.2) is 48.5 Å². The van der Waals surface area contributed by atoms with Crippen molar-refractivity contribution in [1.82, 2.24) is 4.90 Å². The molecule has 1 unspecified atom stereocenters. The van der Waals surface area contributed by atoms with Gasteiger partial charge in [-0.3, -0.25) is 4.90 Å². The fourth-order valence-electron chi connectivity index (χ4n) is 4.63. The Balaban J connectivity index is 1.66. The van der Waals surface area contributed by atoms with Crippen LogP contribution in [0.4, 0.5) is 5.69 Å². The third kappa shape index (κ3) is 2.30. The Morgan fingerprint density at radius 3 is 2.71 bits per heavy atom. The van der Waals surface area contributed by atoms with E-state index in [-0.39, 0.29) is 5.41 Å². The van der Waals surface area contributed by atoms with Gasteiger partial charge in [-0.05, 0) is 42.7 Å². The molecule has 0 bridgehead atoms. The zero-order chi connectivity index (χ0) is 16.7. The highest BCUT2D eigenvalue weighted by Gasteiger charge is 2.53. The van der Waals surface area contributed by atoms with Gasteiger partial charge in [0.2, 0.25) is 0 Å². The summed E-state index contributed by atoms with van der Waals surface area (Å²) in [6.45, 7) is 7.33. The summed E-state index contributed by atoms with van der Waals surface area (Å²) >= 11 is 0. The Morgan fingerprint density at radius 2 is 1.96 bits per heavy atom. The summed E-state index contributed by atoms with van der Waals surface area (Å²) in [5.74, 6) is 0.994. The lowest BCUT2D eigenvalue weighted by molar-refractivity contribution is 0.215. The number of fused-ring (bicyclic) bond motifs is 3. The number of hydrogen-bond donors (Lipinski definition) is 0. The Labute approximate surface area is 144 Å². The standard InChI is InChI=1S/C21H26N2O/c1-4-24-17-10-11-19-18(14-17)21(2)12-13-23(20(21)22(19)3)15-16-8-6-5-7-9-16/h5-11,14,20H,4,12-13,15H2,1-3H3/t20?,21-/m0/s1. The molecule has 0 aromatic heterocycles. The molecule has 2 aromatic rings. The van der Waals surface area contributed by atoms with Crippen LogP contribution >= 0.6 is 0 Å². The maximum Gasteiger partial charge on any atom is 0.119 e. The molecule has 0 aliphatic carbocycles. The summed E-state index contributed by atoms with van der Waals surface area (Å²) in [5, 5.41) is 0. The molecule has 0 radical (unpaired) electrons. The maximum atomic E-state index is 5.75. The van der Waals surface area contributed by atoms with Crippen molar-refractivity contribution < 1.29 is 4.74 Å². The van der Waals surface area contributed by atoms with Gasteiger partial charge in [0.1, 0.15) is 5.75 Å². The molecule has 4 rings (SSSR count). The fourth-order valence-corrected chi connectivity index (χ4v) is 4.63. The van der Waals surface area contributed by atoms with Crippen LogP contribution in [0.5, 0.6) is 5.75 Å². The van der Waals surface area contributed by atoms with Crippen molar-refractivity contribution in [2.45, 2.75) is 38.4 Å². The van der Waals surface area contributed by atoms with Gasteiger partial charge in [0.25, 0.3) is 0 Å². The summed E-state index contributed by atoms with van der Waals surface area (Å²) < 4.78 is 5.75. The lowest BCUT2D eigenvalue weighted by atomic mass is 9.81. The number of likely N-dealkylation sites (N-methyl/N-ethyl adjacent to an activating group) is 1. The number of rotatable bonds is 4. The zero-order valence-corrected chi connectivity index (χ0v) is 14.8. The van der Waals surface area contributed by atoms with Gasteiger partial charge < -0.3 is 9.64 Å². The van der Waals surface area contributed by atoms with Crippen LogP contribution in [0.1, 0.15) is 31.4 Å². The van der Waals surface area contributed by atoms with E-state index in [1.807, 2.05) is 6.92 Å². The minimum Gasteiger partial charge on any atom is -0.494 e. The largest absolute Gasteiger partial charge is 0.494 e. The van der Waals surface area contributed by atoms with Crippen LogP contribution in [0.2, 0.25) is 0 Å². The third-order valence-corrected chi connectivity index (χ3v) is 5.70. The summed E-state index contributed by atoms with van der Waals surface area (Å²) in [6.07, 6.45) is 1.61. The van der Waals surface area contributed by atoms with Gasteiger partial charge in [0.05, 0.1) is 12.8 Å². The highest BCUT2D eigenvalue weighted by molar-refractivity contribution is 5.66. The van der Waals surface area contributed by atoms with Crippen LogP contribution in [-0.4, -0.2) is 31.3 Å². The molecule has 0 N–H and O–H groups in total. The van der Waals surface area contributed by atoms with Crippen LogP contribution < -0.4 is 9.64 Å². The molecule has 2 aliphatic heterocycles. The second kappa shape index (κ2) is 5.82. The molecular weight excluding hydrogens is 296 g/mol. The first-order valence-corrected chi connectivity index (χ1v) is 8.91. The SMILES string of the molecule is CCOc1ccc2c(c1)[C@]1(C)CCN(Cc3ccccc3)C1N2C. The quantitative estimate of drug-likeness (QED) is 0.845. The van der Waals surface area contributed by atoms with Crippen molar-refractivity contribution in [2.24, 2.45) is 0 Å². The normalized spacial score (nSPS) is 25.6. The first kappa shape index (κ1) is 15.5. The van der Waals surface area contributed by atoms with Gasteiger partial charge in [-0.15, -0.1) is 0 Å². The molecular formula is C21H26N2O. The molecule has 126 valence electrons.